The molecule has 2 fully saturated rings. The lowest BCUT2D eigenvalue weighted by Crippen LogP contribution is -2.56. The highest BCUT2D eigenvalue weighted by atomic mass is 32.2. The third-order valence-electron chi connectivity index (χ3n) is 7.79. The summed E-state index contributed by atoms with van der Waals surface area (Å²) in [6.45, 7) is 5.08. The lowest BCUT2D eigenvalue weighted by molar-refractivity contribution is 0.0704. The van der Waals surface area contributed by atoms with Crippen LogP contribution in [0, 0.1) is 11.7 Å². The Hall–Kier alpha value is -4.19. The van der Waals surface area contributed by atoms with Gasteiger partial charge in [-0.15, -0.1) is 0 Å². The van der Waals surface area contributed by atoms with Gasteiger partial charge in [-0.3, -0.25) is 4.90 Å². The van der Waals surface area contributed by atoms with E-state index < -0.39 is 15.8 Å². The molecule has 0 aliphatic carbocycles. The normalized spacial score (nSPS) is 18.6. The van der Waals surface area contributed by atoms with Crippen molar-refractivity contribution in [3.8, 4) is 17.1 Å². The van der Waals surface area contributed by atoms with Crippen molar-refractivity contribution in [3.63, 3.8) is 0 Å². The van der Waals surface area contributed by atoms with Crippen LogP contribution in [-0.4, -0.2) is 72.2 Å². The molecule has 0 radical (unpaired) electrons. The van der Waals surface area contributed by atoms with Crippen LogP contribution >= 0.6 is 0 Å². The number of methoxy groups -OCH3 is 1. The highest BCUT2D eigenvalue weighted by molar-refractivity contribution is 7.90. The molecular weight excluding hydrogens is 561 g/mol. The van der Waals surface area contributed by atoms with Gasteiger partial charge in [-0.2, -0.15) is 0 Å². The quantitative estimate of drug-likeness (QED) is 0.297. The van der Waals surface area contributed by atoms with E-state index in [1.54, 1.807) is 41.3 Å². The molecule has 2 saturated heterocycles. The van der Waals surface area contributed by atoms with Gasteiger partial charge in [0.15, 0.2) is 11.5 Å². The first-order valence-electron chi connectivity index (χ1n) is 13.9. The number of ether oxygens (including phenoxy) is 2. The molecule has 0 saturated carbocycles. The van der Waals surface area contributed by atoms with E-state index in [0.717, 1.165) is 23.0 Å². The maximum Gasteiger partial charge on any atom is 0.410 e. The maximum absolute atomic E-state index is 15.7. The number of fused-ring (bicyclic) bond motifs is 3. The minimum Gasteiger partial charge on any atom is -0.481 e. The van der Waals surface area contributed by atoms with Crippen LogP contribution in [0.5, 0.6) is 5.88 Å². The van der Waals surface area contributed by atoms with Gasteiger partial charge in [-0.05, 0) is 43.0 Å². The highest BCUT2D eigenvalue weighted by Gasteiger charge is 2.44. The third-order valence-corrected chi connectivity index (χ3v) is 9.50. The van der Waals surface area contributed by atoms with Crippen LogP contribution in [0.3, 0.4) is 0 Å². The molecule has 2 aliphatic rings. The molecule has 1 aromatic carbocycles. The molecule has 1 amide bonds. The standard InChI is InChI=1S/C30H32FN5O5S/c1-19(2)18-41-30(37)35-21-9-10-22(35)17-34(16-21)28-24-14-26(20-11-12-32-27(13-20)40-3)36(29(24)33-15-25(28)31)42(38,39)23-7-5-4-6-8-23/h4-8,11-15,19,21-22H,9-10,16-18H2,1-3H3. The number of pyridine rings is 2. The van der Waals surface area contributed by atoms with Crippen molar-refractivity contribution in [2.24, 2.45) is 5.92 Å². The van der Waals surface area contributed by atoms with Crippen molar-refractivity contribution in [2.75, 3.05) is 31.7 Å². The molecule has 0 spiro atoms. The average molecular weight is 594 g/mol. The zero-order valence-electron chi connectivity index (χ0n) is 23.6. The molecule has 2 atom stereocenters. The zero-order valence-corrected chi connectivity index (χ0v) is 24.4. The second-order valence-corrected chi connectivity index (χ2v) is 12.8. The van der Waals surface area contributed by atoms with Gasteiger partial charge in [0.2, 0.25) is 5.88 Å². The number of benzene rings is 1. The number of hydrogen-bond donors (Lipinski definition) is 0. The molecule has 12 heteroatoms. The zero-order chi connectivity index (χ0) is 29.6. The van der Waals surface area contributed by atoms with Gasteiger partial charge in [0.25, 0.3) is 10.0 Å². The van der Waals surface area contributed by atoms with E-state index in [1.807, 2.05) is 18.7 Å². The topological polar surface area (TPSA) is 107 Å². The minimum atomic E-state index is -4.14. The van der Waals surface area contributed by atoms with Gasteiger partial charge in [-0.25, -0.2) is 31.5 Å². The van der Waals surface area contributed by atoms with Crippen LogP contribution < -0.4 is 9.64 Å². The van der Waals surface area contributed by atoms with Crippen LogP contribution in [0.25, 0.3) is 22.3 Å². The van der Waals surface area contributed by atoms with Crippen LogP contribution in [0.15, 0.2) is 65.8 Å². The molecular formula is C30H32FN5O5S. The summed E-state index contributed by atoms with van der Waals surface area (Å²) < 4.78 is 55.9. The van der Waals surface area contributed by atoms with Crippen LogP contribution in [-0.2, 0) is 14.8 Å². The highest BCUT2D eigenvalue weighted by Crippen LogP contribution is 2.41. The Kier molecular flexibility index (Phi) is 7.25. The Bertz CT molecular complexity index is 1730. The molecule has 5 heterocycles. The second kappa shape index (κ2) is 10.9. The fourth-order valence-electron chi connectivity index (χ4n) is 5.93. The SMILES string of the molecule is COc1cc(-c2cc3c(N4CC5CCC(C4)N5C(=O)OCC(C)C)c(F)cnc3n2S(=O)(=O)c2ccccc2)ccn1. The monoisotopic (exact) mass is 593 g/mol. The Balaban J connectivity index is 1.47. The van der Waals surface area contributed by atoms with E-state index in [-0.39, 0.29) is 40.3 Å². The summed E-state index contributed by atoms with van der Waals surface area (Å²) in [6.07, 6.45) is 3.80. The molecule has 6 rings (SSSR count). The molecule has 10 nitrogen and oxygen atoms in total. The largest absolute Gasteiger partial charge is 0.481 e. The number of carbonyl (C=O) groups excluding carboxylic acids is 1. The van der Waals surface area contributed by atoms with E-state index in [0.29, 0.717) is 42.2 Å². The summed E-state index contributed by atoms with van der Waals surface area (Å²) in [7, 11) is -2.66. The van der Waals surface area contributed by atoms with Gasteiger partial charge >= 0.3 is 6.09 Å². The number of rotatable bonds is 7. The maximum atomic E-state index is 15.7. The predicted octanol–water partition coefficient (Wildman–Crippen LogP) is 4.93. The number of nitrogens with zero attached hydrogens (tertiary/aromatic N) is 5. The van der Waals surface area contributed by atoms with Crippen molar-refractivity contribution >= 4 is 32.8 Å². The van der Waals surface area contributed by atoms with Crippen molar-refractivity contribution in [2.45, 2.75) is 43.7 Å². The van der Waals surface area contributed by atoms with Crippen molar-refractivity contribution < 1.29 is 27.1 Å². The number of piperazine rings is 1. The first kappa shape index (κ1) is 28.0. The molecule has 42 heavy (non-hydrogen) atoms. The number of amides is 1. The summed E-state index contributed by atoms with van der Waals surface area (Å²) in [5.41, 5.74) is 1.18. The molecule has 0 N–H and O–H groups in total. The van der Waals surface area contributed by atoms with Gasteiger partial charge in [0.05, 0.1) is 48.3 Å². The minimum absolute atomic E-state index is 0.0732. The Labute approximate surface area is 243 Å². The predicted molar refractivity (Wildman–Crippen MR) is 156 cm³/mol. The first-order chi connectivity index (χ1) is 20.2. The third kappa shape index (κ3) is 4.83. The van der Waals surface area contributed by atoms with E-state index >= 15 is 4.39 Å². The van der Waals surface area contributed by atoms with Gasteiger partial charge in [0.1, 0.15) is 0 Å². The number of anilines is 1. The van der Waals surface area contributed by atoms with E-state index in [2.05, 4.69) is 9.97 Å². The smallest absolute Gasteiger partial charge is 0.410 e. The lowest BCUT2D eigenvalue weighted by atomic mass is 10.1. The molecule has 2 unspecified atom stereocenters. The number of hydrogen-bond acceptors (Lipinski definition) is 8. The van der Waals surface area contributed by atoms with E-state index in [9.17, 15) is 13.2 Å². The molecule has 220 valence electrons. The summed E-state index contributed by atoms with van der Waals surface area (Å²) in [6, 6.07) is 12.7. The summed E-state index contributed by atoms with van der Waals surface area (Å²) >= 11 is 0. The van der Waals surface area contributed by atoms with Crippen molar-refractivity contribution in [1.29, 1.82) is 0 Å². The molecule has 2 aliphatic heterocycles. The molecule has 3 aromatic heterocycles. The summed E-state index contributed by atoms with van der Waals surface area (Å²) in [4.78, 5) is 25.1. The average Bonchev–Trinajstić information content (AvgIpc) is 3.51. The fourth-order valence-corrected chi connectivity index (χ4v) is 7.43. The summed E-state index contributed by atoms with van der Waals surface area (Å²) in [5, 5.41) is 0.357. The van der Waals surface area contributed by atoms with Gasteiger partial charge < -0.3 is 14.4 Å². The van der Waals surface area contributed by atoms with Gasteiger partial charge in [-0.1, -0.05) is 32.0 Å². The Morgan fingerprint density at radius 1 is 1.07 bits per heavy atom. The molecule has 4 aromatic rings. The van der Waals surface area contributed by atoms with E-state index in [1.165, 1.54) is 25.4 Å². The summed E-state index contributed by atoms with van der Waals surface area (Å²) in [5.74, 6) is -0.0402. The van der Waals surface area contributed by atoms with Crippen molar-refractivity contribution in [3.05, 3.63) is 66.7 Å². The second-order valence-electron chi connectivity index (χ2n) is 11.1. The Morgan fingerprint density at radius 3 is 2.45 bits per heavy atom. The van der Waals surface area contributed by atoms with Crippen molar-refractivity contribution in [1.82, 2.24) is 18.8 Å². The number of halogens is 1. The fraction of sp³-hybridized carbons (Fsp3) is 0.367. The van der Waals surface area contributed by atoms with E-state index in [4.69, 9.17) is 9.47 Å². The van der Waals surface area contributed by atoms with Crippen LogP contribution in [0.2, 0.25) is 0 Å². The first-order valence-corrected chi connectivity index (χ1v) is 15.3. The van der Waals surface area contributed by atoms with Gasteiger partial charge in [0, 0.05) is 36.3 Å². The number of carbonyl (C=O) groups is 1. The number of aromatic nitrogens is 3. The van der Waals surface area contributed by atoms with Crippen LogP contribution in [0.1, 0.15) is 26.7 Å². The Morgan fingerprint density at radius 2 is 1.79 bits per heavy atom. The molecule has 2 bridgehead atoms. The lowest BCUT2D eigenvalue weighted by Gasteiger charge is -2.41. The van der Waals surface area contributed by atoms with Crippen LogP contribution in [0.4, 0.5) is 14.9 Å².